The second-order valence-electron chi connectivity index (χ2n) is 6.42. The predicted molar refractivity (Wildman–Crippen MR) is 98.9 cm³/mol. The summed E-state index contributed by atoms with van der Waals surface area (Å²) in [7, 11) is 0. The van der Waals surface area contributed by atoms with Crippen molar-refractivity contribution in [3.8, 4) is 5.69 Å². The van der Waals surface area contributed by atoms with Crippen molar-refractivity contribution < 1.29 is 9.13 Å². The maximum absolute atomic E-state index is 13.1. The van der Waals surface area contributed by atoms with E-state index in [2.05, 4.69) is 10.00 Å². The standard InChI is InChI=1S/C20H19ClFN3O/c21-17-3-1-16(2-4-17)20-14-24(9-10-26-20)12-15-11-23-25(13-15)19-7-5-18(22)6-8-19/h1-8,11,13,20H,9-10,12,14H2/t20-/m1/s1. The second kappa shape index (κ2) is 7.58. The Morgan fingerprint density at radius 2 is 1.88 bits per heavy atom. The molecule has 1 aliphatic rings. The van der Waals surface area contributed by atoms with Gasteiger partial charge in [0.05, 0.1) is 24.6 Å². The fraction of sp³-hybridized carbons (Fsp3) is 0.250. The Balaban J connectivity index is 1.42. The number of ether oxygens (including phenoxy) is 1. The molecule has 2 aromatic carbocycles. The smallest absolute Gasteiger partial charge is 0.123 e. The molecule has 1 aliphatic heterocycles. The lowest BCUT2D eigenvalue weighted by Crippen LogP contribution is -2.37. The van der Waals surface area contributed by atoms with E-state index in [1.54, 1.807) is 16.8 Å². The van der Waals surface area contributed by atoms with Crippen LogP contribution in [0.3, 0.4) is 0 Å². The maximum Gasteiger partial charge on any atom is 0.123 e. The molecule has 1 atom stereocenters. The lowest BCUT2D eigenvalue weighted by atomic mass is 10.1. The largest absolute Gasteiger partial charge is 0.371 e. The van der Waals surface area contributed by atoms with Gasteiger partial charge in [-0.05, 0) is 42.0 Å². The molecule has 0 aliphatic carbocycles. The molecular formula is C20H19ClFN3O. The van der Waals surface area contributed by atoms with Gasteiger partial charge in [0.1, 0.15) is 5.82 Å². The van der Waals surface area contributed by atoms with E-state index in [-0.39, 0.29) is 11.9 Å². The summed E-state index contributed by atoms with van der Waals surface area (Å²) in [4.78, 5) is 2.36. The average Bonchev–Trinajstić information content (AvgIpc) is 3.11. The van der Waals surface area contributed by atoms with Gasteiger partial charge in [0.25, 0.3) is 0 Å². The van der Waals surface area contributed by atoms with Gasteiger partial charge >= 0.3 is 0 Å². The van der Waals surface area contributed by atoms with Crippen molar-refractivity contribution in [1.82, 2.24) is 14.7 Å². The van der Waals surface area contributed by atoms with Crippen molar-refractivity contribution in [2.45, 2.75) is 12.6 Å². The molecule has 0 amide bonds. The Hall–Kier alpha value is -2.21. The third-order valence-electron chi connectivity index (χ3n) is 4.53. The number of hydrogen-bond donors (Lipinski definition) is 0. The number of hydrogen-bond acceptors (Lipinski definition) is 3. The van der Waals surface area contributed by atoms with E-state index < -0.39 is 0 Å². The highest BCUT2D eigenvalue weighted by Crippen LogP contribution is 2.24. The van der Waals surface area contributed by atoms with Crippen molar-refractivity contribution in [3.05, 3.63) is 82.9 Å². The number of rotatable bonds is 4. The zero-order chi connectivity index (χ0) is 17.9. The minimum atomic E-state index is -0.248. The molecule has 0 spiro atoms. The van der Waals surface area contributed by atoms with Gasteiger partial charge in [0.2, 0.25) is 0 Å². The summed E-state index contributed by atoms with van der Waals surface area (Å²) in [5, 5.41) is 5.12. The number of benzene rings is 2. The fourth-order valence-corrected chi connectivity index (χ4v) is 3.29. The van der Waals surface area contributed by atoms with E-state index in [4.69, 9.17) is 16.3 Å². The molecule has 0 unspecified atom stereocenters. The van der Waals surface area contributed by atoms with Gasteiger partial charge in [0.15, 0.2) is 0 Å². The molecule has 1 saturated heterocycles. The molecule has 0 radical (unpaired) electrons. The van der Waals surface area contributed by atoms with Crippen LogP contribution in [0.15, 0.2) is 60.9 Å². The van der Waals surface area contributed by atoms with Gasteiger partial charge in [-0.2, -0.15) is 5.10 Å². The van der Waals surface area contributed by atoms with Crippen LogP contribution in [0.2, 0.25) is 5.02 Å². The van der Waals surface area contributed by atoms with Crippen LogP contribution in [0.25, 0.3) is 5.69 Å². The van der Waals surface area contributed by atoms with E-state index in [1.807, 2.05) is 36.7 Å². The van der Waals surface area contributed by atoms with Gasteiger partial charge < -0.3 is 4.74 Å². The molecule has 0 N–H and O–H groups in total. The van der Waals surface area contributed by atoms with Crippen LogP contribution < -0.4 is 0 Å². The molecule has 134 valence electrons. The van der Waals surface area contributed by atoms with Crippen molar-refractivity contribution in [3.63, 3.8) is 0 Å². The molecule has 3 aromatic rings. The minimum absolute atomic E-state index is 0.0492. The summed E-state index contributed by atoms with van der Waals surface area (Å²) in [5.41, 5.74) is 3.10. The van der Waals surface area contributed by atoms with Crippen molar-refractivity contribution in [2.75, 3.05) is 19.7 Å². The average molecular weight is 372 g/mol. The van der Waals surface area contributed by atoms with Gasteiger partial charge in [0, 0.05) is 36.4 Å². The SMILES string of the molecule is Fc1ccc(-n2cc(CN3CCO[C@@H](c4ccc(Cl)cc4)C3)cn2)cc1. The van der Waals surface area contributed by atoms with Crippen molar-refractivity contribution in [1.29, 1.82) is 0 Å². The Morgan fingerprint density at radius 1 is 1.12 bits per heavy atom. The molecule has 0 bridgehead atoms. The summed E-state index contributed by atoms with van der Waals surface area (Å²) < 4.78 is 20.7. The molecule has 0 saturated carbocycles. The molecule has 26 heavy (non-hydrogen) atoms. The highest BCUT2D eigenvalue weighted by molar-refractivity contribution is 6.30. The summed E-state index contributed by atoms with van der Waals surface area (Å²) in [6.07, 6.45) is 3.89. The summed E-state index contributed by atoms with van der Waals surface area (Å²) in [5.74, 6) is -0.248. The zero-order valence-corrected chi connectivity index (χ0v) is 14.9. The van der Waals surface area contributed by atoms with Crippen LogP contribution in [0.5, 0.6) is 0 Å². The third-order valence-corrected chi connectivity index (χ3v) is 4.78. The number of halogens is 2. The van der Waals surface area contributed by atoms with Gasteiger partial charge in [-0.3, -0.25) is 4.90 Å². The predicted octanol–water partition coefficient (Wildman–Crippen LogP) is 4.24. The van der Waals surface area contributed by atoms with Crippen molar-refractivity contribution >= 4 is 11.6 Å². The van der Waals surface area contributed by atoms with Crippen molar-refractivity contribution in [2.24, 2.45) is 0 Å². The zero-order valence-electron chi connectivity index (χ0n) is 14.2. The van der Waals surface area contributed by atoms with Crippen LogP contribution in [-0.4, -0.2) is 34.4 Å². The number of morpholine rings is 1. The molecular weight excluding hydrogens is 353 g/mol. The first-order chi connectivity index (χ1) is 12.7. The molecule has 1 aromatic heterocycles. The van der Waals surface area contributed by atoms with E-state index in [9.17, 15) is 4.39 Å². The van der Waals surface area contributed by atoms with E-state index in [0.717, 1.165) is 41.5 Å². The lowest BCUT2D eigenvalue weighted by molar-refractivity contribution is -0.0329. The van der Waals surface area contributed by atoms with Crippen LogP contribution in [-0.2, 0) is 11.3 Å². The molecule has 6 heteroatoms. The first-order valence-corrected chi connectivity index (χ1v) is 8.94. The highest BCUT2D eigenvalue weighted by atomic mass is 35.5. The summed E-state index contributed by atoms with van der Waals surface area (Å²) in [6.45, 7) is 3.20. The van der Waals surface area contributed by atoms with Gasteiger partial charge in [-0.25, -0.2) is 9.07 Å². The maximum atomic E-state index is 13.1. The van der Waals surface area contributed by atoms with Crippen LogP contribution in [0.1, 0.15) is 17.2 Å². The van der Waals surface area contributed by atoms with E-state index in [1.165, 1.54) is 12.1 Å². The Bertz CT molecular complexity index is 864. The van der Waals surface area contributed by atoms with Crippen LogP contribution in [0.4, 0.5) is 4.39 Å². The molecule has 1 fully saturated rings. The quantitative estimate of drug-likeness (QED) is 0.687. The third kappa shape index (κ3) is 3.96. The monoisotopic (exact) mass is 371 g/mol. The summed E-state index contributed by atoms with van der Waals surface area (Å²) in [6, 6.07) is 14.1. The number of nitrogens with zero attached hydrogens (tertiary/aromatic N) is 3. The number of aromatic nitrogens is 2. The Labute approximate surface area is 156 Å². The minimum Gasteiger partial charge on any atom is -0.371 e. The van der Waals surface area contributed by atoms with Crippen LogP contribution in [0, 0.1) is 5.82 Å². The van der Waals surface area contributed by atoms with E-state index >= 15 is 0 Å². The first kappa shape index (κ1) is 17.2. The normalized spacial score (nSPS) is 18.2. The Morgan fingerprint density at radius 3 is 2.65 bits per heavy atom. The Kier molecular flexibility index (Phi) is 5.02. The van der Waals surface area contributed by atoms with Gasteiger partial charge in [-0.1, -0.05) is 23.7 Å². The second-order valence-corrected chi connectivity index (χ2v) is 6.85. The fourth-order valence-electron chi connectivity index (χ4n) is 3.16. The highest BCUT2D eigenvalue weighted by Gasteiger charge is 2.22. The van der Waals surface area contributed by atoms with E-state index in [0.29, 0.717) is 6.61 Å². The molecule has 4 nitrogen and oxygen atoms in total. The topological polar surface area (TPSA) is 30.3 Å². The lowest BCUT2D eigenvalue weighted by Gasteiger charge is -2.32. The molecule has 4 rings (SSSR count). The van der Waals surface area contributed by atoms with Gasteiger partial charge in [-0.15, -0.1) is 0 Å². The first-order valence-electron chi connectivity index (χ1n) is 8.56. The summed E-state index contributed by atoms with van der Waals surface area (Å²) >= 11 is 5.97. The molecule has 2 heterocycles. The van der Waals surface area contributed by atoms with Crippen LogP contribution >= 0.6 is 11.6 Å².